The molecule has 0 aliphatic carbocycles. The van der Waals surface area contributed by atoms with E-state index in [0.29, 0.717) is 22.9 Å². The van der Waals surface area contributed by atoms with E-state index < -0.39 is 0 Å². The van der Waals surface area contributed by atoms with Crippen LogP contribution in [0, 0.1) is 6.92 Å². The third kappa shape index (κ3) is 4.76. The SMILES string of the molecule is COc1cc(NC(=O)c2ccc(Nc3ccc(C)cc3)cn2)cc(OC)c1OC. The molecule has 0 atom stereocenters. The number of hydrogen-bond acceptors (Lipinski definition) is 6. The molecule has 0 aliphatic heterocycles. The molecule has 7 nitrogen and oxygen atoms in total. The highest BCUT2D eigenvalue weighted by atomic mass is 16.5. The van der Waals surface area contributed by atoms with Crippen LogP contribution in [-0.4, -0.2) is 32.2 Å². The Balaban J connectivity index is 1.73. The highest BCUT2D eigenvalue weighted by molar-refractivity contribution is 6.03. The Bertz CT molecular complexity index is 961. The Kier molecular flexibility index (Phi) is 6.19. The van der Waals surface area contributed by atoms with Crippen LogP contribution in [0.3, 0.4) is 0 Å². The Hall–Kier alpha value is -3.74. The zero-order chi connectivity index (χ0) is 20.8. The smallest absolute Gasteiger partial charge is 0.274 e. The zero-order valence-corrected chi connectivity index (χ0v) is 16.8. The Labute approximate surface area is 169 Å². The van der Waals surface area contributed by atoms with Crippen LogP contribution < -0.4 is 24.8 Å². The van der Waals surface area contributed by atoms with Gasteiger partial charge in [-0.1, -0.05) is 17.7 Å². The number of amides is 1. The molecule has 3 rings (SSSR count). The molecule has 0 unspecified atom stereocenters. The molecule has 1 aromatic heterocycles. The van der Waals surface area contributed by atoms with E-state index in [0.717, 1.165) is 11.4 Å². The number of benzene rings is 2. The molecule has 1 heterocycles. The first-order valence-corrected chi connectivity index (χ1v) is 8.95. The van der Waals surface area contributed by atoms with Crippen molar-refractivity contribution in [2.45, 2.75) is 6.92 Å². The van der Waals surface area contributed by atoms with E-state index >= 15 is 0 Å². The average molecular weight is 393 g/mol. The number of aromatic nitrogens is 1. The van der Waals surface area contributed by atoms with E-state index in [1.54, 1.807) is 30.5 Å². The Morgan fingerprint density at radius 2 is 1.45 bits per heavy atom. The summed E-state index contributed by atoms with van der Waals surface area (Å²) >= 11 is 0. The Morgan fingerprint density at radius 1 is 0.828 bits per heavy atom. The molecule has 3 aromatic rings. The van der Waals surface area contributed by atoms with Crippen molar-refractivity contribution in [3.8, 4) is 17.2 Å². The van der Waals surface area contributed by atoms with Gasteiger partial charge in [0.2, 0.25) is 5.75 Å². The second-order valence-electron chi connectivity index (χ2n) is 6.29. The lowest BCUT2D eigenvalue weighted by atomic mass is 10.2. The van der Waals surface area contributed by atoms with Gasteiger partial charge in [-0.15, -0.1) is 0 Å². The van der Waals surface area contributed by atoms with Crippen LogP contribution >= 0.6 is 0 Å². The van der Waals surface area contributed by atoms with Crippen molar-refractivity contribution in [1.29, 1.82) is 0 Å². The van der Waals surface area contributed by atoms with Gasteiger partial charge in [0.05, 0.1) is 33.2 Å². The molecule has 0 fully saturated rings. The van der Waals surface area contributed by atoms with E-state index in [-0.39, 0.29) is 11.6 Å². The molecule has 2 N–H and O–H groups in total. The Morgan fingerprint density at radius 3 is 1.97 bits per heavy atom. The maximum Gasteiger partial charge on any atom is 0.274 e. The minimum Gasteiger partial charge on any atom is -0.493 e. The summed E-state index contributed by atoms with van der Waals surface area (Å²) in [4.78, 5) is 16.8. The minimum atomic E-state index is -0.346. The molecule has 0 saturated carbocycles. The summed E-state index contributed by atoms with van der Waals surface area (Å²) in [6.45, 7) is 2.03. The lowest BCUT2D eigenvalue weighted by molar-refractivity contribution is 0.102. The van der Waals surface area contributed by atoms with Crippen LogP contribution in [-0.2, 0) is 0 Å². The van der Waals surface area contributed by atoms with Gasteiger partial charge in [-0.05, 0) is 31.2 Å². The summed E-state index contributed by atoms with van der Waals surface area (Å²) in [7, 11) is 4.56. The minimum absolute atomic E-state index is 0.285. The van der Waals surface area contributed by atoms with Gasteiger partial charge in [-0.2, -0.15) is 0 Å². The number of carbonyl (C=O) groups is 1. The van der Waals surface area contributed by atoms with Gasteiger partial charge < -0.3 is 24.8 Å². The summed E-state index contributed by atoms with van der Waals surface area (Å²) in [6, 6.07) is 14.8. The van der Waals surface area contributed by atoms with Crippen LogP contribution in [0.15, 0.2) is 54.7 Å². The van der Waals surface area contributed by atoms with Crippen molar-refractivity contribution in [3.63, 3.8) is 0 Å². The molecule has 0 bridgehead atoms. The molecular weight excluding hydrogens is 370 g/mol. The fourth-order valence-electron chi connectivity index (χ4n) is 2.75. The molecule has 0 radical (unpaired) electrons. The van der Waals surface area contributed by atoms with Gasteiger partial charge in [0, 0.05) is 23.5 Å². The standard InChI is InChI=1S/C22H23N3O4/c1-14-5-7-15(8-6-14)24-16-9-10-18(23-13-16)22(26)25-17-11-19(27-2)21(29-4)20(12-17)28-3/h5-13,24H,1-4H3,(H,25,26). The van der Waals surface area contributed by atoms with Crippen LogP contribution in [0.4, 0.5) is 17.1 Å². The van der Waals surface area contributed by atoms with Crippen LogP contribution in [0.2, 0.25) is 0 Å². The number of nitrogens with zero attached hydrogens (tertiary/aromatic N) is 1. The third-order valence-electron chi connectivity index (χ3n) is 4.26. The topological polar surface area (TPSA) is 81.7 Å². The number of anilines is 3. The number of carbonyl (C=O) groups excluding carboxylic acids is 1. The lowest BCUT2D eigenvalue weighted by Gasteiger charge is -2.14. The molecule has 2 aromatic carbocycles. The van der Waals surface area contributed by atoms with Gasteiger partial charge in [-0.3, -0.25) is 4.79 Å². The summed E-state index contributed by atoms with van der Waals surface area (Å²) in [5, 5.41) is 6.05. The van der Waals surface area contributed by atoms with E-state index in [2.05, 4.69) is 15.6 Å². The molecular formula is C22H23N3O4. The third-order valence-corrected chi connectivity index (χ3v) is 4.26. The average Bonchev–Trinajstić information content (AvgIpc) is 2.75. The molecule has 0 aliphatic rings. The summed E-state index contributed by atoms with van der Waals surface area (Å²) in [5.41, 5.74) is 3.72. The number of nitrogens with one attached hydrogen (secondary N) is 2. The lowest BCUT2D eigenvalue weighted by Crippen LogP contribution is -2.14. The normalized spacial score (nSPS) is 10.2. The summed E-state index contributed by atoms with van der Waals surface area (Å²) < 4.78 is 15.9. The van der Waals surface area contributed by atoms with Crippen molar-refractivity contribution in [2.24, 2.45) is 0 Å². The van der Waals surface area contributed by atoms with Crippen molar-refractivity contribution >= 4 is 23.0 Å². The van der Waals surface area contributed by atoms with Crippen LogP contribution in [0.25, 0.3) is 0 Å². The molecule has 7 heteroatoms. The second-order valence-corrected chi connectivity index (χ2v) is 6.29. The van der Waals surface area contributed by atoms with Crippen LogP contribution in [0.1, 0.15) is 16.1 Å². The van der Waals surface area contributed by atoms with E-state index in [9.17, 15) is 4.79 Å². The summed E-state index contributed by atoms with van der Waals surface area (Å²) in [6.07, 6.45) is 1.62. The number of hydrogen-bond donors (Lipinski definition) is 2. The number of methoxy groups -OCH3 is 3. The number of pyridine rings is 1. The molecule has 0 saturated heterocycles. The van der Waals surface area contributed by atoms with Crippen molar-refractivity contribution in [1.82, 2.24) is 4.98 Å². The monoisotopic (exact) mass is 393 g/mol. The number of rotatable bonds is 7. The fraction of sp³-hybridized carbons (Fsp3) is 0.182. The highest BCUT2D eigenvalue weighted by Crippen LogP contribution is 2.40. The maximum absolute atomic E-state index is 12.6. The first kappa shape index (κ1) is 20.0. The van der Waals surface area contributed by atoms with Gasteiger partial charge in [0.15, 0.2) is 11.5 Å². The fourth-order valence-corrected chi connectivity index (χ4v) is 2.75. The molecule has 0 spiro atoms. The van der Waals surface area contributed by atoms with E-state index in [1.807, 2.05) is 31.2 Å². The van der Waals surface area contributed by atoms with Gasteiger partial charge in [0.1, 0.15) is 5.69 Å². The van der Waals surface area contributed by atoms with Gasteiger partial charge >= 0.3 is 0 Å². The first-order chi connectivity index (χ1) is 14.0. The van der Waals surface area contributed by atoms with Crippen molar-refractivity contribution in [3.05, 3.63) is 66.0 Å². The summed E-state index contributed by atoms with van der Waals surface area (Å²) in [5.74, 6) is 1.01. The maximum atomic E-state index is 12.6. The van der Waals surface area contributed by atoms with Crippen LogP contribution in [0.5, 0.6) is 17.2 Å². The van der Waals surface area contributed by atoms with Crippen molar-refractivity contribution in [2.75, 3.05) is 32.0 Å². The van der Waals surface area contributed by atoms with Gasteiger partial charge in [0.25, 0.3) is 5.91 Å². The molecule has 150 valence electrons. The molecule has 29 heavy (non-hydrogen) atoms. The molecule has 1 amide bonds. The van der Waals surface area contributed by atoms with E-state index in [4.69, 9.17) is 14.2 Å². The highest BCUT2D eigenvalue weighted by Gasteiger charge is 2.15. The van der Waals surface area contributed by atoms with Crippen molar-refractivity contribution < 1.29 is 19.0 Å². The van der Waals surface area contributed by atoms with E-state index in [1.165, 1.54) is 26.9 Å². The predicted octanol–water partition coefficient (Wildman–Crippen LogP) is 4.41. The zero-order valence-electron chi connectivity index (χ0n) is 16.8. The quantitative estimate of drug-likeness (QED) is 0.619. The number of ether oxygens (including phenoxy) is 3. The first-order valence-electron chi connectivity index (χ1n) is 8.95. The largest absolute Gasteiger partial charge is 0.493 e. The van der Waals surface area contributed by atoms with Gasteiger partial charge in [-0.25, -0.2) is 4.98 Å². The second kappa shape index (κ2) is 8.97. The predicted molar refractivity (Wildman–Crippen MR) is 113 cm³/mol. The number of aryl methyl sites for hydroxylation is 1.